The Hall–Kier alpha value is -1.92. The Morgan fingerprint density at radius 1 is 1.23 bits per heavy atom. The number of nitrogens with zero attached hydrogens (tertiary/aromatic N) is 2. The number of aryl methyl sites for hydroxylation is 2. The average Bonchev–Trinajstić information content (AvgIpc) is 2.95. The zero-order valence-electron chi connectivity index (χ0n) is 12.3. The number of nitrogens with one attached hydrogen (secondary N) is 1. The summed E-state index contributed by atoms with van der Waals surface area (Å²) >= 11 is 0. The van der Waals surface area contributed by atoms with E-state index < -0.39 is 10.0 Å². The van der Waals surface area contributed by atoms with Crippen molar-refractivity contribution in [3.8, 4) is 0 Å². The molecule has 3 rings (SSSR count). The molecule has 2 aromatic rings. The van der Waals surface area contributed by atoms with Crippen molar-refractivity contribution in [2.75, 3.05) is 0 Å². The average molecular weight is 317 g/mol. The van der Waals surface area contributed by atoms with Gasteiger partial charge >= 0.3 is 0 Å². The highest BCUT2D eigenvalue weighted by Gasteiger charge is 2.13. The monoisotopic (exact) mass is 317 g/mol. The first-order valence-corrected chi connectivity index (χ1v) is 8.95. The minimum absolute atomic E-state index is 0.224. The van der Waals surface area contributed by atoms with Crippen molar-refractivity contribution >= 4 is 16.1 Å². The maximum atomic E-state index is 12.0. The Labute approximate surface area is 130 Å². The van der Waals surface area contributed by atoms with Crippen LogP contribution in [0.5, 0.6) is 0 Å². The van der Waals surface area contributed by atoms with E-state index in [1.54, 1.807) is 6.08 Å². The molecule has 0 unspecified atom stereocenters. The SMILES string of the molecule is O=S(=O)(/C=C/c1ccccc1)NCc1cn2c(n1)CCCC2. The second kappa shape index (κ2) is 6.46. The van der Waals surface area contributed by atoms with Crippen LogP contribution in [0.2, 0.25) is 0 Å². The Morgan fingerprint density at radius 2 is 2.05 bits per heavy atom. The third kappa shape index (κ3) is 3.84. The van der Waals surface area contributed by atoms with Crippen molar-refractivity contribution in [1.82, 2.24) is 14.3 Å². The molecule has 0 saturated heterocycles. The van der Waals surface area contributed by atoms with E-state index in [1.807, 2.05) is 36.5 Å². The lowest BCUT2D eigenvalue weighted by molar-refractivity contribution is 0.522. The molecule has 2 heterocycles. The van der Waals surface area contributed by atoms with E-state index in [0.717, 1.165) is 42.9 Å². The maximum Gasteiger partial charge on any atom is 0.234 e. The Morgan fingerprint density at radius 3 is 2.82 bits per heavy atom. The lowest BCUT2D eigenvalue weighted by atomic mass is 10.2. The van der Waals surface area contributed by atoms with Gasteiger partial charge in [0.05, 0.1) is 12.2 Å². The summed E-state index contributed by atoms with van der Waals surface area (Å²) in [5.41, 5.74) is 1.62. The van der Waals surface area contributed by atoms with E-state index in [-0.39, 0.29) is 6.54 Å². The molecule has 0 saturated carbocycles. The minimum atomic E-state index is -3.46. The summed E-state index contributed by atoms with van der Waals surface area (Å²) in [6, 6.07) is 9.35. The van der Waals surface area contributed by atoms with Gasteiger partial charge in [-0.15, -0.1) is 0 Å². The van der Waals surface area contributed by atoms with Crippen LogP contribution in [0.25, 0.3) is 6.08 Å². The van der Waals surface area contributed by atoms with Gasteiger partial charge in [-0.2, -0.15) is 0 Å². The van der Waals surface area contributed by atoms with Gasteiger partial charge in [-0.05, 0) is 24.5 Å². The normalized spacial score (nSPS) is 15.1. The molecule has 1 aromatic heterocycles. The molecule has 5 nitrogen and oxygen atoms in total. The van der Waals surface area contributed by atoms with Gasteiger partial charge < -0.3 is 4.57 Å². The molecular weight excluding hydrogens is 298 g/mol. The van der Waals surface area contributed by atoms with Crippen LogP contribution in [0.3, 0.4) is 0 Å². The van der Waals surface area contributed by atoms with Crippen molar-refractivity contribution in [1.29, 1.82) is 0 Å². The molecule has 1 aromatic carbocycles. The van der Waals surface area contributed by atoms with Gasteiger partial charge in [0.25, 0.3) is 0 Å². The summed E-state index contributed by atoms with van der Waals surface area (Å²) in [5, 5.41) is 1.19. The van der Waals surface area contributed by atoms with E-state index in [4.69, 9.17) is 0 Å². The number of hydrogen-bond donors (Lipinski definition) is 1. The predicted octanol–water partition coefficient (Wildman–Crippen LogP) is 2.31. The van der Waals surface area contributed by atoms with Gasteiger partial charge in [0.1, 0.15) is 5.82 Å². The molecule has 116 valence electrons. The van der Waals surface area contributed by atoms with Gasteiger partial charge in [-0.3, -0.25) is 0 Å². The topological polar surface area (TPSA) is 64.0 Å². The minimum Gasteiger partial charge on any atom is -0.335 e. The molecule has 0 fully saturated rings. The van der Waals surface area contributed by atoms with Crippen LogP contribution in [0.4, 0.5) is 0 Å². The first-order chi connectivity index (χ1) is 10.6. The number of hydrogen-bond acceptors (Lipinski definition) is 3. The fraction of sp³-hybridized carbons (Fsp3) is 0.312. The van der Waals surface area contributed by atoms with Gasteiger partial charge in [0, 0.05) is 24.6 Å². The molecule has 0 bridgehead atoms. The zero-order valence-corrected chi connectivity index (χ0v) is 13.1. The van der Waals surface area contributed by atoms with Crippen LogP contribution in [0.15, 0.2) is 41.9 Å². The van der Waals surface area contributed by atoms with Crippen LogP contribution in [0, 0.1) is 0 Å². The highest BCUT2D eigenvalue weighted by molar-refractivity contribution is 7.92. The fourth-order valence-corrected chi connectivity index (χ4v) is 3.29. The summed E-state index contributed by atoms with van der Waals surface area (Å²) in [7, 11) is -3.46. The number of rotatable bonds is 5. The van der Waals surface area contributed by atoms with Crippen molar-refractivity contribution in [2.45, 2.75) is 32.4 Å². The molecular formula is C16H19N3O2S. The second-order valence-corrected chi connectivity index (χ2v) is 7.03. The third-order valence-corrected chi connectivity index (χ3v) is 4.69. The highest BCUT2D eigenvalue weighted by Crippen LogP contribution is 2.14. The van der Waals surface area contributed by atoms with Crippen molar-refractivity contribution in [3.63, 3.8) is 0 Å². The van der Waals surface area contributed by atoms with E-state index in [1.165, 1.54) is 5.41 Å². The molecule has 0 radical (unpaired) electrons. The quantitative estimate of drug-likeness (QED) is 0.920. The van der Waals surface area contributed by atoms with E-state index in [9.17, 15) is 8.42 Å². The largest absolute Gasteiger partial charge is 0.335 e. The van der Waals surface area contributed by atoms with E-state index in [2.05, 4.69) is 14.3 Å². The number of imidazole rings is 1. The maximum absolute atomic E-state index is 12.0. The van der Waals surface area contributed by atoms with Gasteiger partial charge in [-0.25, -0.2) is 18.1 Å². The molecule has 6 heteroatoms. The number of fused-ring (bicyclic) bond motifs is 1. The molecule has 1 N–H and O–H groups in total. The summed E-state index contributed by atoms with van der Waals surface area (Å²) in [5.74, 6) is 1.06. The van der Waals surface area contributed by atoms with Crippen molar-refractivity contribution in [3.05, 3.63) is 59.0 Å². The summed E-state index contributed by atoms with van der Waals surface area (Å²) in [6.45, 7) is 1.20. The first kappa shape index (κ1) is 15.0. The lowest BCUT2D eigenvalue weighted by Crippen LogP contribution is -2.20. The predicted molar refractivity (Wildman–Crippen MR) is 86.4 cm³/mol. The molecule has 22 heavy (non-hydrogen) atoms. The van der Waals surface area contributed by atoms with Crippen LogP contribution < -0.4 is 4.72 Å². The molecule has 1 aliphatic heterocycles. The Kier molecular flexibility index (Phi) is 4.40. The van der Waals surface area contributed by atoms with Crippen molar-refractivity contribution < 1.29 is 8.42 Å². The van der Waals surface area contributed by atoms with Crippen LogP contribution in [0.1, 0.15) is 29.9 Å². The first-order valence-electron chi connectivity index (χ1n) is 7.40. The summed E-state index contributed by atoms with van der Waals surface area (Å²) in [6.07, 6.45) is 6.81. The third-order valence-electron chi connectivity index (χ3n) is 3.65. The van der Waals surface area contributed by atoms with Crippen LogP contribution in [-0.2, 0) is 29.5 Å². The molecule has 0 amide bonds. The van der Waals surface area contributed by atoms with Crippen molar-refractivity contribution in [2.24, 2.45) is 0 Å². The van der Waals surface area contributed by atoms with Gasteiger partial charge in [-0.1, -0.05) is 30.3 Å². The fourth-order valence-electron chi connectivity index (χ4n) is 2.51. The van der Waals surface area contributed by atoms with Crippen LogP contribution in [-0.4, -0.2) is 18.0 Å². The Balaban J connectivity index is 1.62. The van der Waals surface area contributed by atoms with Crippen LogP contribution >= 0.6 is 0 Å². The smallest absolute Gasteiger partial charge is 0.234 e. The molecule has 1 aliphatic rings. The standard InChI is InChI=1S/C16H19N3O2S/c20-22(21,11-9-14-6-2-1-3-7-14)17-12-15-13-19-10-5-4-8-16(19)18-15/h1-3,6-7,9,11,13,17H,4-5,8,10,12H2/b11-9+. The second-order valence-electron chi connectivity index (χ2n) is 5.38. The Bertz CT molecular complexity index is 740. The summed E-state index contributed by atoms with van der Waals surface area (Å²) < 4.78 is 28.7. The number of aromatic nitrogens is 2. The van der Waals surface area contributed by atoms with Gasteiger partial charge in [0.2, 0.25) is 10.0 Å². The van der Waals surface area contributed by atoms with E-state index in [0.29, 0.717) is 0 Å². The van der Waals surface area contributed by atoms with E-state index >= 15 is 0 Å². The zero-order chi connectivity index (χ0) is 15.4. The molecule has 0 spiro atoms. The number of sulfonamides is 1. The summed E-state index contributed by atoms with van der Waals surface area (Å²) in [4.78, 5) is 4.48. The molecule has 0 aliphatic carbocycles. The molecule has 0 atom stereocenters. The highest BCUT2D eigenvalue weighted by atomic mass is 32.2. The number of benzene rings is 1. The lowest BCUT2D eigenvalue weighted by Gasteiger charge is -2.11. The van der Waals surface area contributed by atoms with Gasteiger partial charge in [0.15, 0.2) is 0 Å².